The quantitative estimate of drug-likeness (QED) is 0.508. The first-order valence-corrected chi connectivity index (χ1v) is 9.32. The zero-order valence-electron chi connectivity index (χ0n) is 12.5. The van der Waals surface area contributed by atoms with Crippen molar-refractivity contribution in [1.82, 2.24) is 20.5 Å². The van der Waals surface area contributed by atoms with Crippen molar-refractivity contribution >= 4 is 33.2 Å². The molecule has 1 fully saturated rings. The van der Waals surface area contributed by atoms with Gasteiger partial charge in [-0.1, -0.05) is 0 Å². The topological polar surface area (TPSA) is 130 Å². The number of thiophene rings is 1. The molecule has 1 aliphatic carbocycles. The highest BCUT2D eigenvalue weighted by molar-refractivity contribution is 7.89. The second kappa shape index (κ2) is 6.34. The molecule has 1 aliphatic rings. The van der Waals surface area contributed by atoms with E-state index in [1.165, 1.54) is 11.4 Å². The number of nitrogens with one attached hydrogen (secondary N) is 3. The number of hydrogen-bond donors (Lipinski definition) is 3. The number of ether oxygens (including phenoxy) is 1. The molecule has 0 bridgehead atoms. The van der Waals surface area contributed by atoms with E-state index in [1.807, 2.05) is 4.83 Å². The molecule has 0 radical (unpaired) electrons. The lowest BCUT2D eigenvalue weighted by Crippen LogP contribution is -2.42. The van der Waals surface area contributed by atoms with E-state index in [1.54, 1.807) is 6.07 Å². The van der Waals surface area contributed by atoms with Gasteiger partial charge in [0, 0.05) is 11.6 Å². The third-order valence-corrected chi connectivity index (χ3v) is 5.75. The van der Waals surface area contributed by atoms with Gasteiger partial charge in [0.05, 0.1) is 7.11 Å². The molecule has 1 amide bonds. The lowest BCUT2D eigenvalue weighted by molar-refractivity contribution is 0.0602. The molecule has 3 N–H and O–H groups in total. The van der Waals surface area contributed by atoms with Crippen LogP contribution in [-0.4, -0.2) is 37.6 Å². The highest BCUT2D eigenvalue weighted by Crippen LogP contribution is 2.38. The maximum Gasteiger partial charge on any atom is 0.349 e. The van der Waals surface area contributed by atoms with Crippen molar-refractivity contribution in [3.05, 3.63) is 33.8 Å². The number of aromatic nitrogens is 2. The molecule has 0 aromatic carbocycles. The molecular weight excluding hydrogens is 356 g/mol. The van der Waals surface area contributed by atoms with E-state index in [-0.39, 0.29) is 15.5 Å². The van der Waals surface area contributed by atoms with Crippen molar-refractivity contribution in [2.45, 2.75) is 23.7 Å². The van der Waals surface area contributed by atoms with E-state index < -0.39 is 21.9 Å². The molecule has 128 valence electrons. The average molecular weight is 370 g/mol. The van der Waals surface area contributed by atoms with Crippen LogP contribution in [0.25, 0.3) is 0 Å². The van der Waals surface area contributed by atoms with Crippen molar-refractivity contribution in [2.24, 2.45) is 0 Å². The first-order valence-electron chi connectivity index (χ1n) is 6.95. The predicted octanol–water partition coefficient (Wildman–Crippen LogP) is 0.759. The summed E-state index contributed by atoms with van der Waals surface area (Å²) in [7, 11) is -2.96. The standard InChI is InChI=1S/C13H14N4O5S2/c1-22-13(19)11-10(4-5-23-11)24(20,21)17-16-12(18)9-6-8(14-15-9)7-2-3-7/h4-7,17H,2-3H2,1H3,(H,14,15)(H,16,18). The van der Waals surface area contributed by atoms with E-state index in [0.717, 1.165) is 37.0 Å². The molecule has 2 aromatic heterocycles. The predicted molar refractivity (Wildman–Crippen MR) is 84.0 cm³/mol. The summed E-state index contributed by atoms with van der Waals surface area (Å²) in [6.45, 7) is 0. The molecule has 9 nitrogen and oxygen atoms in total. The number of hydrazine groups is 1. The fourth-order valence-corrected chi connectivity index (χ4v) is 4.21. The Morgan fingerprint density at radius 1 is 1.42 bits per heavy atom. The van der Waals surface area contributed by atoms with Gasteiger partial charge in [-0.3, -0.25) is 15.3 Å². The number of sulfonamides is 1. The van der Waals surface area contributed by atoms with Crippen molar-refractivity contribution in [1.29, 1.82) is 0 Å². The van der Waals surface area contributed by atoms with E-state index in [0.29, 0.717) is 5.92 Å². The molecule has 2 heterocycles. The number of carbonyl (C=O) groups excluding carboxylic acids is 2. The molecule has 2 aromatic rings. The van der Waals surface area contributed by atoms with E-state index >= 15 is 0 Å². The molecule has 24 heavy (non-hydrogen) atoms. The van der Waals surface area contributed by atoms with Crippen LogP contribution in [0.5, 0.6) is 0 Å². The summed E-state index contributed by atoms with van der Waals surface area (Å²) in [4.78, 5) is 25.2. The Labute approximate surface area is 141 Å². The number of esters is 1. The lowest BCUT2D eigenvalue weighted by Gasteiger charge is -2.07. The van der Waals surface area contributed by atoms with Gasteiger partial charge in [-0.2, -0.15) is 5.10 Å². The van der Waals surface area contributed by atoms with Gasteiger partial charge in [0.15, 0.2) is 5.69 Å². The molecule has 0 atom stereocenters. The minimum Gasteiger partial charge on any atom is -0.465 e. The number of hydrogen-bond acceptors (Lipinski definition) is 7. The van der Waals surface area contributed by atoms with Crippen LogP contribution in [0.1, 0.15) is 44.6 Å². The summed E-state index contributed by atoms with van der Waals surface area (Å²) in [5, 5.41) is 8.06. The molecule has 0 spiro atoms. The Kier molecular flexibility index (Phi) is 4.39. The number of rotatable bonds is 6. The number of aromatic amines is 1. The van der Waals surface area contributed by atoms with E-state index in [4.69, 9.17) is 0 Å². The van der Waals surface area contributed by atoms with Crippen LogP contribution in [0.4, 0.5) is 0 Å². The first-order chi connectivity index (χ1) is 11.4. The summed E-state index contributed by atoms with van der Waals surface area (Å²) in [5.41, 5.74) is 3.01. The summed E-state index contributed by atoms with van der Waals surface area (Å²) in [6.07, 6.45) is 2.09. The maximum absolute atomic E-state index is 12.2. The molecule has 0 unspecified atom stereocenters. The molecule has 0 saturated heterocycles. The third-order valence-electron chi connectivity index (χ3n) is 3.44. The van der Waals surface area contributed by atoms with Gasteiger partial charge in [0.2, 0.25) is 0 Å². The maximum atomic E-state index is 12.2. The van der Waals surface area contributed by atoms with Crippen molar-refractivity contribution < 1.29 is 22.7 Å². The Morgan fingerprint density at radius 3 is 2.83 bits per heavy atom. The lowest BCUT2D eigenvalue weighted by atomic mass is 10.2. The number of nitrogens with zero attached hydrogens (tertiary/aromatic N) is 1. The largest absolute Gasteiger partial charge is 0.465 e. The summed E-state index contributed by atoms with van der Waals surface area (Å²) in [5.74, 6) is -1.07. The van der Waals surface area contributed by atoms with E-state index in [2.05, 4.69) is 20.4 Å². The highest BCUT2D eigenvalue weighted by atomic mass is 32.2. The van der Waals surface area contributed by atoms with Crippen molar-refractivity contribution in [3.8, 4) is 0 Å². The smallest absolute Gasteiger partial charge is 0.349 e. The van der Waals surface area contributed by atoms with Crippen molar-refractivity contribution in [2.75, 3.05) is 7.11 Å². The molecule has 3 rings (SSSR count). The highest BCUT2D eigenvalue weighted by Gasteiger charge is 2.28. The Hall–Kier alpha value is -2.24. The second-order valence-corrected chi connectivity index (χ2v) is 7.71. The minimum absolute atomic E-state index is 0.0740. The number of methoxy groups -OCH3 is 1. The Bertz CT molecular complexity index is 882. The number of amides is 1. The summed E-state index contributed by atoms with van der Waals surface area (Å²) < 4.78 is 29.0. The zero-order chi connectivity index (χ0) is 17.3. The minimum atomic E-state index is -4.11. The van der Waals surface area contributed by atoms with Crippen LogP contribution >= 0.6 is 11.3 Å². The van der Waals surface area contributed by atoms with Crippen LogP contribution in [-0.2, 0) is 14.8 Å². The number of carbonyl (C=O) groups is 2. The number of H-pyrrole nitrogens is 1. The van der Waals surface area contributed by atoms with Crippen molar-refractivity contribution in [3.63, 3.8) is 0 Å². The fraction of sp³-hybridized carbons (Fsp3) is 0.308. The van der Waals surface area contributed by atoms with Crippen LogP contribution in [0, 0.1) is 0 Å². The average Bonchev–Trinajstić information content (AvgIpc) is 3.10. The first kappa shape index (κ1) is 16.6. The van der Waals surface area contributed by atoms with Gasteiger partial charge >= 0.3 is 5.97 Å². The molecule has 11 heteroatoms. The Morgan fingerprint density at radius 2 is 2.17 bits per heavy atom. The van der Waals surface area contributed by atoms with Gasteiger partial charge < -0.3 is 4.74 Å². The normalized spacial score (nSPS) is 14.4. The summed E-state index contributed by atoms with van der Waals surface area (Å²) in [6, 6.07) is 2.84. The third kappa shape index (κ3) is 3.32. The second-order valence-electron chi connectivity index (χ2n) is 5.15. The van der Waals surface area contributed by atoms with Gasteiger partial charge in [-0.05, 0) is 30.4 Å². The summed E-state index contributed by atoms with van der Waals surface area (Å²) >= 11 is 0.929. The Balaban J connectivity index is 1.69. The monoisotopic (exact) mass is 370 g/mol. The SMILES string of the molecule is COC(=O)c1sccc1S(=O)(=O)NNC(=O)c1cc(C2CC2)[nH]n1. The van der Waals surface area contributed by atoms with E-state index in [9.17, 15) is 18.0 Å². The van der Waals surface area contributed by atoms with Gasteiger partial charge in [-0.15, -0.1) is 16.2 Å². The van der Waals surface area contributed by atoms with Crippen LogP contribution < -0.4 is 10.3 Å². The fourth-order valence-electron chi connectivity index (χ4n) is 2.04. The molecular formula is C13H14N4O5S2. The van der Waals surface area contributed by atoms with Gasteiger partial charge in [0.25, 0.3) is 15.9 Å². The zero-order valence-corrected chi connectivity index (χ0v) is 14.2. The molecule has 1 saturated carbocycles. The van der Waals surface area contributed by atoms with Gasteiger partial charge in [0.1, 0.15) is 9.77 Å². The van der Waals surface area contributed by atoms with Crippen LogP contribution in [0.15, 0.2) is 22.4 Å². The van der Waals surface area contributed by atoms with Crippen LogP contribution in [0.2, 0.25) is 0 Å². The van der Waals surface area contributed by atoms with Crippen LogP contribution in [0.3, 0.4) is 0 Å². The van der Waals surface area contributed by atoms with Gasteiger partial charge in [-0.25, -0.2) is 13.2 Å². The molecule has 0 aliphatic heterocycles.